The maximum atomic E-state index is 6.70. The molecule has 0 aliphatic carbocycles. The summed E-state index contributed by atoms with van der Waals surface area (Å²) in [4.78, 5) is 0. The highest BCUT2D eigenvalue weighted by Gasteiger charge is 2.22. The van der Waals surface area contributed by atoms with Crippen LogP contribution in [0.2, 0.25) is 0 Å². The first-order chi connectivity index (χ1) is 12.6. The average Bonchev–Trinajstić information content (AvgIpc) is 2.63. The maximum Gasteiger partial charge on any atom is 0.0436 e. The number of nitrogens with two attached hydrogens (primary N) is 2. The van der Waals surface area contributed by atoms with Crippen molar-refractivity contribution in [3.05, 3.63) is 97.1 Å². The van der Waals surface area contributed by atoms with Crippen LogP contribution >= 0.6 is 0 Å². The molecular weight excluding hydrogens is 316 g/mol. The van der Waals surface area contributed by atoms with Crippen molar-refractivity contribution in [2.45, 2.75) is 25.7 Å². The Morgan fingerprint density at radius 1 is 0.654 bits per heavy atom. The Balaban J connectivity index is 2.99. The van der Waals surface area contributed by atoms with Gasteiger partial charge in [-0.25, -0.2) is 0 Å². The quantitative estimate of drug-likeness (QED) is 0.470. The molecule has 0 unspecified atom stereocenters. The summed E-state index contributed by atoms with van der Waals surface area (Å²) in [6, 6.07) is 7.85. The Labute approximate surface area is 157 Å². The number of hydrogen-bond donors (Lipinski definition) is 2. The highest BCUT2D eigenvalue weighted by atomic mass is 14.6. The molecule has 2 rings (SSSR count). The molecule has 0 saturated carbocycles. The van der Waals surface area contributed by atoms with Crippen molar-refractivity contribution in [3.8, 4) is 11.1 Å². The molecule has 0 amide bonds. The fraction of sp³-hybridized carbons (Fsp3) is 0.167. The molecule has 0 heterocycles. The molecule has 2 aromatic rings. The van der Waals surface area contributed by atoms with Crippen LogP contribution in [0.5, 0.6) is 0 Å². The topological polar surface area (TPSA) is 52.0 Å². The van der Waals surface area contributed by atoms with Gasteiger partial charge in [0.25, 0.3) is 0 Å². The third kappa shape index (κ3) is 3.65. The predicted molar refractivity (Wildman–Crippen MR) is 116 cm³/mol. The fourth-order valence-corrected chi connectivity index (χ4v) is 3.55. The first-order valence-electron chi connectivity index (χ1n) is 8.83. The molecule has 0 aliphatic heterocycles. The molecule has 0 atom stereocenters. The first kappa shape index (κ1) is 19.3. The first-order valence-corrected chi connectivity index (χ1v) is 8.83. The van der Waals surface area contributed by atoms with Gasteiger partial charge in [-0.1, -0.05) is 42.5 Å². The van der Waals surface area contributed by atoms with Crippen molar-refractivity contribution in [3.63, 3.8) is 0 Å². The van der Waals surface area contributed by atoms with Crippen molar-refractivity contribution in [1.82, 2.24) is 0 Å². The van der Waals surface area contributed by atoms with Crippen LogP contribution < -0.4 is 11.5 Å². The van der Waals surface area contributed by atoms with Crippen LogP contribution in [0, 0.1) is 0 Å². The zero-order chi connectivity index (χ0) is 19.1. The number of anilines is 2. The number of hydrogen-bond acceptors (Lipinski definition) is 2. The van der Waals surface area contributed by atoms with Crippen molar-refractivity contribution in [2.24, 2.45) is 0 Å². The third-order valence-corrected chi connectivity index (χ3v) is 4.61. The van der Waals surface area contributed by atoms with E-state index in [4.69, 9.17) is 11.5 Å². The Kier molecular flexibility index (Phi) is 6.62. The van der Waals surface area contributed by atoms with Gasteiger partial charge in [0, 0.05) is 22.5 Å². The highest BCUT2D eigenvalue weighted by molar-refractivity contribution is 5.90. The van der Waals surface area contributed by atoms with E-state index in [0.29, 0.717) is 6.42 Å². The lowest BCUT2D eigenvalue weighted by Gasteiger charge is -2.24. The van der Waals surface area contributed by atoms with E-state index in [1.54, 1.807) is 0 Å². The minimum atomic E-state index is 0.702. The number of para-hydroxylation sites is 1. The van der Waals surface area contributed by atoms with Gasteiger partial charge in [0.15, 0.2) is 0 Å². The van der Waals surface area contributed by atoms with Crippen LogP contribution in [0.1, 0.15) is 22.3 Å². The second-order valence-corrected chi connectivity index (χ2v) is 6.26. The van der Waals surface area contributed by atoms with Gasteiger partial charge in [-0.15, -0.1) is 26.3 Å². The second kappa shape index (κ2) is 8.91. The number of benzene rings is 2. The summed E-state index contributed by atoms with van der Waals surface area (Å²) in [6.45, 7) is 15.7. The van der Waals surface area contributed by atoms with Gasteiger partial charge < -0.3 is 11.5 Å². The van der Waals surface area contributed by atoms with Crippen molar-refractivity contribution in [2.75, 3.05) is 11.5 Å². The molecule has 0 spiro atoms. The van der Waals surface area contributed by atoms with Gasteiger partial charge in [0.1, 0.15) is 0 Å². The van der Waals surface area contributed by atoms with E-state index in [2.05, 4.69) is 26.3 Å². The summed E-state index contributed by atoms with van der Waals surface area (Å²) < 4.78 is 0. The van der Waals surface area contributed by atoms with E-state index in [0.717, 1.165) is 47.3 Å². The summed E-state index contributed by atoms with van der Waals surface area (Å²) in [6.07, 6.45) is 10.6. The fourth-order valence-electron chi connectivity index (χ4n) is 3.55. The average molecular weight is 345 g/mol. The standard InChI is InChI=1S/C24H28N2/c1-5-11-17-18(12-6-2)20(14-8-4)24(26)23(19(17)13-7-3)21-15-9-10-16-22(21)25/h5-10,15-16H,1-4,11-14,25-26H2. The number of nitrogen functional groups attached to an aromatic ring is 2. The zero-order valence-corrected chi connectivity index (χ0v) is 15.4. The molecular formula is C24H28N2. The van der Waals surface area contributed by atoms with Crippen LogP contribution in [-0.4, -0.2) is 0 Å². The van der Waals surface area contributed by atoms with Crippen LogP contribution in [-0.2, 0) is 25.7 Å². The van der Waals surface area contributed by atoms with Crippen LogP contribution in [0.25, 0.3) is 11.1 Å². The van der Waals surface area contributed by atoms with Crippen LogP contribution in [0.15, 0.2) is 74.9 Å². The monoisotopic (exact) mass is 344 g/mol. The SMILES string of the molecule is C=CCc1c(N)c(-c2ccccc2N)c(CC=C)c(CC=C)c1CC=C. The van der Waals surface area contributed by atoms with Crippen LogP contribution in [0.3, 0.4) is 0 Å². The van der Waals surface area contributed by atoms with Crippen LogP contribution in [0.4, 0.5) is 11.4 Å². The molecule has 0 saturated heterocycles. The summed E-state index contributed by atoms with van der Waals surface area (Å²) in [5.41, 5.74) is 21.2. The van der Waals surface area contributed by atoms with E-state index in [1.165, 1.54) is 16.7 Å². The molecule has 0 aromatic heterocycles. The summed E-state index contributed by atoms with van der Waals surface area (Å²) in [7, 11) is 0. The number of allylic oxidation sites excluding steroid dienone is 4. The van der Waals surface area contributed by atoms with E-state index in [-0.39, 0.29) is 0 Å². The normalized spacial score (nSPS) is 10.3. The largest absolute Gasteiger partial charge is 0.398 e. The lowest BCUT2D eigenvalue weighted by molar-refractivity contribution is 1.05. The minimum absolute atomic E-state index is 0.702. The molecule has 26 heavy (non-hydrogen) atoms. The van der Waals surface area contributed by atoms with Crippen molar-refractivity contribution >= 4 is 11.4 Å². The van der Waals surface area contributed by atoms with Gasteiger partial charge in [-0.2, -0.15) is 0 Å². The molecule has 2 nitrogen and oxygen atoms in total. The zero-order valence-electron chi connectivity index (χ0n) is 15.4. The number of rotatable bonds is 9. The molecule has 0 bridgehead atoms. The van der Waals surface area contributed by atoms with Gasteiger partial charge in [0.2, 0.25) is 0 Å². The predicted octanol–water partition coefficient (Wildman–Crippen LogP) is 5.43. The maximum absolute atomic E-state index is 6.70. The smallest absolute Gasteiger partial charge is 0.0436 e. The van der Waals surface area contributed by atoms with E-state index >= 15 is 0 Å². The molecule has 2 aromatic carbocycles. The Hall–Kier alpha value is -3.00. The minimum Gasteiger partial charge on any atom is -0.398 e. The van der Waals surface area contributed by atoms with Gasteiger partial charge in [-0.05, 0) is 54.0 Å². The second-order valence-electron chi connectivity index (χ2n) is 6.26. The summed E-state index contributed by atoms with van der Waals surface area (Å²) in [5.74, 6) is 0. The molecule has 0 radical (unpaired) electrons. The van der Waals surface area contributed by atoms with E-state index in [9.17, 15) is 0 Å². The van der Waals surface area contributed by atoms with Crippen molar-refractivity contribution in [1.29, 1.82) is 0 Å². The summed E-state index contributed by atoms with van der Waals surface area (Å²) >= 11 is 0. The molecule has 0 fully saturated rings. The summed E-state index contributed by atoms with van der Waals surface area (Å²) in [5, 5.41) is 0. The Morgan fingerprint density at radius 3 is 1.65 bits per heavy atom. The third-order valence-electron chi connectivity index (χ3n) is 4.61. The molecule has 134 valence electrons. The van der Waals surface area contributed by atoms with Gasteiger partial charge in [0.05, 0.1) is 0 Å². The highest BCUT2D eigenvalue weighted by Crippen LogP contribution is 2.41. The van der Waals surface area contributed by atoms with Gasteiger partial charge >= 0.3 is 0 Å². The molecule has 4 N–H and O–H groups in total. The van der Waals surface area contributed by atoms with E-state index < -0.39 is 0 Å². The van der Waals surface area contributed by atoms with Gasteiger partial charge in [-0.3, -0.25) is 0 Å². The molecule has 0 aliphatic rings. The lowest BCUT2D eigenvalue weighted by atomic mass is 9.81. The Bertz CT molecular complexity index is 844. The van der Waals surface area contributed by atoms with Crippen molar-refractivity contribution < 1.29 is 0 Å². The molecule has 2 heteroatoms. The Morgan fingerprint density at radius 2 is 1.12 bits per heavy atom. The van der Waals surface area contributed by atoms with E-state index in [1.807, 2.05) is 48.6 Å². The lowest BCUT2D eigenvalue weighted by Crippen LogP contribution is -2.11.